The number of H-pyrrole nitrogens is 1. The van der Waals surface area contributed by atoms with Crippen molar-refractivity contribution >= 4 is 0 Å². The van der Waals surface area contributed by atoms with E-state index in [0.29, 0.717) is 25.5 Å². The molecule has 1 aromatic rings. The van der Waals surface area contributed by atoms with Crippen molar-refractivity contribution in [1.29, 1.82) is 0 Å². The van der Waals surface area contributed by atoms with E-state index in [-0.39, 0.29) is 6.04 Å². The fraction of sp³-hybridized carbons (Fsp3) is 0.625. The first-order chi connectivity index (χ1) is 7.07. The Morgan fingerprint density at radius 2 is 2.27 bits per heavy atom. The summed E-state index contributed by atoms with van der Waals surface area (Å²) in [6.45, 7) is 1.57. The largest absolute Gasteiger partial charge is 0.435 e. The van der Waals surface area contributed by atoms with Gasteiger partial charge in [0.25, 0.3) is 0 Å². The fourth-order valence-electron chi connectivity index (χ4n) is 1.43. The Balaban J connectivity index is 2.12. The van der Waals surface area contributed by atoms with Gasteiger partial charge in [-0.15, -0.1) is 0 Å². The van der Waals surface area contributed by atoms with Crippen LogP contribution in [0.4, 0.5) is 13.2 Å². The van der Waals surface area contributed by atoms with Crippen LogP contribution in [0.5, 0.6) is 0 Å². The van der Waals surface area contributed by atoms with E-state index in [1.54, 1.807) is 0 Å². The third-order valence-corrected chi connectivity index (χ3v) is 2.19. The number of aromatic amines is 1. The zero-order valence-electron chi connectivity index (χ0n) is 7.77. The Morgan fingerprint density at radius 1 is 1.47 bits per heavy atom. The van der Waals surface area contributed by atoms with E-state index in [4.69, 9.17) is 4.74 Å². The minimum Gasteiger partial charge on any atom is -0.378 e. The Morgan fingerprint density at radius 3 is 2.80 bits per heavy atom. The summed E-state index contributed by atoms with van der Waals surface area (Å²) in [4.78, 5) is 0. The van der Waals surface area contributed by atoms with Gasteiger partial charge in [0.05, 0.1) is 24.9 Å². The van der Waals surface area contributed by atoms with Crippen LogP contribution in [0, 0.1) is 0 Å². The highest BCUT2D eigenvalue weighted by atomic mass is 19.4. The van der Waals surface area contributed by atoms with E-state index < -0.39 is 11.9 Å². The molecular weight excluding hydrogens is 211 g/mol. The highest BCUT2D eigenvalue weighted by Crippen LogP contribution is 2.29. The van der Waals surface area contributed by atoms with Gasteiger partial charge in [0.2, 0.25) is 0 Å². The van der Waals surface area contributed by atoms with Crippen molar-refractivity contribution in [2.24, 2.45) is 0 Å². The van der Waals surface area contributed by atoms with E-state index in [9.17, 15) is 13.2 Å². The molecule has 1 unspecified atom stereocenters. The minimum atomic E-state index is -4.40. The molecule has 2 rings (SSSR count). The van der Waals surface area contributed by atoms with Crippen molar-refractivity contribution < 1.29 is 17.9 Å². The van der Waals surface area contributed by atoms with E-state index in [1.807, 2.05) is 0 Å². The maximum atomic E-state index is 12.2. The molecule has 0 radical (unpaired) electrons. The van der Waals surface area contributed by atoms with Gasteiger partial charge in [0.1, 0.15) is 0 Å². The third-order valence-electron chi connectivity index (χ3n) is 2.19. The summed E-state index contributed by atoms with van der Waals surface area (Å²) in [6, 6.07) is 0.772. The van der Waals surface area contributed by atoms with E-state index >= 15 is 0 Å². The molecule has 2 heterocycles. The maximum absolute atomic E-state index is 12.2. The number of ether oxygens (including phenoxy) is 1. The number of nitrogens with one attached hydrogen (secondary N) is 2. The fourth-order valence-corrected chi connectivity index (χ4v) is 1.43. The van der Waals surface area contributed by atoms with Crippen LogP contribution < -0.4 is 5.32 Å². The van der Waals surface area contributed by atoms with E-state index in [2.05, 4.69) is 15.5 Å². The molecule has 0 aliphatic carbocycles. The standard InChI is InChI=1S/C8H10F3N3O/c9-8(10,11)7-3-5(13-14-7)6-4-15-2-1-12-6/h3,6,12H,1-2,4H2,(H,13,14). The number of alkyl halides is 3. The second-order valence-electron chi connectivity index (χ2n) is 3.29. The molecule has 0 bridgehead atoms. The van der Waals surface area contributed by atoms with Gasteiger partial charge < -0.3 is 10.1 Å². The number of morpholine rings is 1. The van der Waals surface area contributed by atoms with Crippen molar-refractivity contribution in [2.45, 2.75) is 12.2 Å². The van der Waals surface area contributed by atoms with Gasteiger partial charge in [0, 0.05) is 6.54 Å². The van der Waals surface area contributed by atoms with Crippen LogP contribution in [0.25, 0.3) is 0 Å². The molecule has 7 heteroatoms. The SMILES string of the molecule is FC(F)(F)c1cc(C2COCCN2)[nH]n1. The summed E-state index contributed by atoms with van der Waals surface area (Å²) in [5, 5.41) is 8.62. The molecule has 1 aliphatic rings. The van der Waals surface area contributed by atoms with Crippen LogP contribution in [0.3, 0.4) is 0 Å². The second-order valence-corrected chi connectivity index (χ2v) is 3.29. The van der Waals surface area contributed by atoms with Gasteiger partial charge in [-0.1, -0.05) is 0 Å². The van der Waals surface area contributed by atoms with Crippen LogP contribution >= 0.6 is 0 Å². The Bertz CT molecular complexity index is 330. The zero-order chi connectivity index (χ0) is 10.9. The lowest BCUT2D eigenvalue weighted by atomic mass is 10.2. The van der Waals surface area contributed by atoms with E-state index in [1.165, 1.54) is 0 Å². The zero-order valence-corrected chi connectivity index (χ0v) is 7.77. The minimum absolute atomic E-state index is 0.234. The van der Waals surface area contributed by atoms with Gasteiger partial charge in [-0.2, -0.15) is 18.3 Å². The quantitative estimate of drug-likeness (QED) is 0.746. The summed E-state index contributed by atoms with van der Waals surface area (Å²) >= 11 is 0. The third kappa shape index (κ3) is 2.29. The molecule has 0 amide bonds. The average molecular weight is 221 g/mol. The summed E-state index contributed by atoms with van der Waals surface area (Å²) in [7, 11) is 0. The topological polar surface area (TPSA) is 49.9 Å². The van der Waals surface area contributed by atoms with Crippen LogP contribution in [0.15, 0.2) is 6.07 Å². The number of rotatable bonds is 1. The number of nitrogens with zero attached hydrogens (tertiary/aromatic N) is 1. The lowest BCUT2D eigenvalue weighted by Gasteiger charge is -2.22. The monoisotopic (exact) mass is 221 g/mol. The predicted molar refractivity (Wildman–Crippen MR) is 45.2 cm³/mol. The summed E-state index contributed by atoms with van der Waals surface area (Å²) < 4.78 is 41.8. The van der Waals surface area contributed by atoms with Crippen molar-refractivity contribution in [3.8, 4) is 0 Å². The molecule has 4 nitrogen and oxygen atoms in total. The predicted octanol–water partition coefficient (Wildman–Crippen LogP) is 1.09. The maximum Gasteiger partial charge on any atom is 0.435 e. The Labute approximate surface area is 83.8 Å². The van der Waals surface area contributed by atoms with Crippen molar-refractivity contribution in [1.82, 2.24) is 15.5 Å². The molecule has 1 atom stereocenters. The van der Waals surface area contributed by atoms with Crippen molar-refractivity contribution in [2.75, 3.05) is 19.8 Å². The second kappa shape index (κ2) is 3.82. The van der Waals surface area contributed by atoms with Gasteiger partial charge in [-0.3, -0.25) is 5.10 Å². The number of hydrogen-bond donors (Lipinski definition) is 2. The van der Waals surface area contributed by atoms with Crippen molar-refractivity contribution in [3.63, 3.8) is 0 Å². The Kier molecular flexibility index (Phi) is 2.66. The molecule has 0 aromatic carbocycles. The van der Waals surface area contributed by atoms with Gasteiger partial charge in [-0.05, 0) is 6.07 Å². The molecule has 1 saturated heterocycles. The van der Waals surface area contributed by atoms with Gasteiger partial charge in [-0.25, -0.2) is 0 Å². The molecule has 1 fully saturated rings. The summed E-state index contributed by atoms with van der Waals surface area (Å²) in [6.07, 6.45) is -4.40. The van der Waals surface area contributed by atoms with Crippen LogP contribution in [-0.2, 0) is 10.9 Å². The lowest BCUT2D eigenvalue weighted by Crippen LogP contribution is -2.34. The number of aromatic nitrogens is 2. The molecule has 1 aromatic heterocycles. The van der Waals surface area contributed by atoms with Crippen LogP contribution in [0.2, 0.25) is 0 Å². The van der Waals surface area contributed by atoms with E-state index in [0.717, 1.165) is 6.07 Å². The molecule has 0 spiro atoms. The highest BCUT2D eigenvalue weighted by Gasteiger charge is 2.34. The molecule has 2 N–H and O–H groups in total. The average Bonchev–Trinajstić information content (AvgIpc) is 2.67. The van der Waals surface area contributed by atoms with Crippen LogP contribution in [-0.4, -0.2) is 30.0 Å². The normalized spacial score (nSPS) is 23.0. The number of halogens is 3. The highest BCUT2D eigenvalue weighted by molar-refractivity contribution is 5.15. The lowest BCUT2D eigenvalue weighted by molar-refractivity contribution is -0.141. The van der Waals surface area contributed by atoms with Crippen molar-refractivity contribution in [3.05, 3.63) is 17.5 Å². The molecule has 0 saturated carbocycles. The first kappa shape index (κ1) is 10.4. The van der Waals surface area contributed by atoms with Crippen LogP contribution in [0.1, 0.15) is 17.4 Å². The van der Waals surface area contributed by atoms with Gasteiger partial charge in [0.15, 0.2) is 5.69 Å². The Hall–Kier alpha value is -1.08. The number of hydrogen-bond acceptors (Lipinski definition) is 3. The molecule has 15 heavy (non-hydrogen) atoms. The summed E-state index contributed by atoms with van der Waals surface area (Å²) in [5.41, 5.74) is -0.494. The summed E-state index contributed by atoms with van der Waals surface area (Å²) in [5.74, 6) is 0. The molecular formula is C8H10F3N3O. The van der Waals surface area contributed by atoms with Gasteiger partial charge >= 0.3 is 6.18 Å². The first-order valence-electron chi connectivity index (χ1n) is 4.51. The molecule has 1 aliphatic heterocycles. The first-order valence-corrected chi connectivity index (χ1v) is 4.51. The smallest absolute Gasteiger partial charge is 0.378 e. The molecule has 84 valence electrons.